The number of rotatable bonds is 5. The van der Waals surface area contributed by atoms with Crippen LogP contribution in [-0.4, -0.2) is 57.0 Å². The third-order valence-corrected chi connectivity index (χ3v) is 9.21. The van der Waals surface area contributed by atoms with Crippen molar-refractivity contribution in [1.82, 2.24) is 4.90 Å². The maximum Gasteiger partial charge on any atom is 0.254 e. The molecule has 2 aliphatic heterocycles. The van der Waals surface area contributed by atoms with E-state index in [9.17, 15) is 24.5 Å². The number of amides is 1. The van der Waals surface area contributed by atoms with Crippen LogP contribution in [0.2, 0.25) is 5.02 Å². The minimum Gasteiger partial charge on any atom is -0.508 e. The Bertz CT molecular complexity index is 1340. The van der Waals surface area contributed by atoms with Crippen molar-refractivity contribution < 1.29 is 29.2 Å². The number of benzene rings is 2. The number of halogens is 2. The second-order valence-electron chi connectivity index (χ2n) is 11.1. The highest BCUT2D eigenvalue weighted by molar-refractivity contribution is 6.33. The number of likely N-dealkylation sites (tertiary alicyclic amines) is 1. The highest BCUT2D eigenvalue weighted by atomic mass is 35.5. The number of aliphatic hydroxyl groups is 2. The summed E-state index contributed by atoms with van der Waals surface area (Å²) in [4.78, 5) is 15.5. The summed E-state index contributed by atoms with van der Waals surface area (Å²) in [5.41, 5.74) is -0.495. The van der Waals surface area contributed by atoms with Gasteiger partial charge in [0.15, 0.2) is 17.6 Å². The Balaban J connectivity index is 1.41. The number of nitrogens with zero attached hydrogens (tertiary/aromatic N) is 1. The Kier molecular flexibility index (Phi) is 5.53. The van der Waals surface area contributed by atoms with Gasteiger partial charge in [-0.3, -0.25) is 9.69 Å². The number of fused-ring (bicyclic) bond motifs is 1. The summed E-state index contributed by atoms with van der Waals surface area (Å²) in [6.07, 6.45) is 2.41. The van der Waals surface area contributed by atoms with E-state index >= 15 is 0 Å². The van der Waals surface area contributed by atoms with Gasteiger partial charge in [-0.1, -0.05) is 17.7 Å². The lowest BCUT2D eigenvalue weighted by atomic mass is 9.53. The Hall–Kier alpha value is -2.81. The van der Waals surface area contributed by atoms with E-state index in [0.29, 0.717) is 30.9 Å². The number of aliphatic hydroxyl groups excluding tert-OH is 1. The molecule has 4 N–H and O–H groups in total. The molecular weight excluding hydrogens is 499 g/mol. The molecule has 9 heteroatoms. The van der Waals surface area contributed by atoms with Gasteiger partial charge in [-0.25, -0.2) is 4.39 Å². The number of hydrogen-bond donors (Lipinski definition) is 4. The van der Waals surface area contributed by atoms with E-state index in [4.69, 9.17) is 16.3 Å². The fourth-order valence-corrected chi connectivity index (χ4v) is 6.91. The first-order valence-corrected chi connectivity index (χ1v) is 13.1. The van der Waals surface area contributed by atoms with E-state index in [1.54, 1.807) is 13.0 Å². The van der Waals surface area contributed by atoms with Crippen LogP contribution in [0.4, 0.5) is 10.1 Å². The SMILES string of the molecule is C/C(C(=O)Nc1ccc(F)cc1Cl)=C(/O)[C@@H]1Oc2c(O)ccc3c2[C@@]12CCN(CC1CC1)[C@H](C3)[C@@]2(C)O. The first-order valence-electron chi connectivity index (χ1n) is 12.7. The van der Waals surface area contributed by atoms with Crippen molar-refractivity contribution in [2.45, 2.75) is 62.7 Å². The second kappa shape index (κ2) is 8.35. The fraction of sp³-hybridized carbons (Fsp3) is 0.464. The zero-order valence-corrected chi connectivity index (χ0v) is 21.5. The predicted octanol–water partition coefficient (Wildman–Crippen LogP) is 4.45. The average molecular weight is 529 g/mol. The quantitative estimate of drug-likeness (QED) is 0.338. The highest BCUT2D eigenvalue weighted by Gasteiger charge is 2.69. The minimum absolute atomic E-state index is 0.0213. The van der Waals surface area contributed by atoms with E-state index in [0.717, 1.165) is 18.2 Å². The molecule has 2 aromatic carbocycles. The summed E-state index contributed by atoms with van der Waals surface area (Å²) >= 11 is 6.07. The van der Waals surface area contributed by atoms with E-state index in [1.807, 2.05) is 6.07 Å². The molecule has 1 saturated heterocycles. The van der Waals surface area contributed by atoms with Crippen molar-refractivity contribution in [2.24, 2.45) is 5.92 Å². The van der Waals surface area contributed by atoms with E-state index in [1.165, 1.54) is 31.9 Å². The summed E-state index contributed by atoms with van der Waals surface area (Å²) in [5.74, 6) is -0.665. The van der Waals surface area contributed by atoms with Crippen LogP contribution in [0, 0.1) is 11.7 Å². The predicted molar refractivity (Wildman–Crippen MR) is 137 cm³/mol. The lowest BCUT2D eigenvalue weighted by molar-refractivity contribution is -0.153. The molecule has 0 unspecified atom stereocenters. The summed E-state index contributed by atoms with van der Waals surface area (Å²) in [7, 11) is 0. The molecule has 2 aromatic rings. The Morgan fingerprint density at radius 3 is 2.76 bits per heavy atom. The topological polar surface area (TPSA) is 102 Å². The van der Waals surface area contributed by atoms with Crippen LogP contribution in [-0.2, 0) is 16.6 Å². The van der Waals surface area contributed by atoms with E-state index in [-0.39, 0.29) is 39.6 Å². The summed E-state index contributed by atoms with van der Waals surface area (Å²) < 4.78 is 19.7. The molecule has 2 heterocycles. The average Bonchev–Trinajstić information content (AvgIpc) is 3.59. The molecule has 2 fully saturated rings. The third kappa shape index (κ3) is 3.56. The van der Waals surface area contributed by atoms with Crippen LogP contribution in [0.3, 0.4) is 0 Å². The molecule has 6 rings (SSSR count). The summed E-state index contributed by atoms with van der Waals surface area (Å²) in [5, 5.41) is 37.1. The normalized spacial score (nSPS) is 30.8. The molecule has 37 heavy (non-hydrogen) atoms. The number of carbonyl (C=O) groups is 1. The van der Waals surface area contributed by atoms with Crippen LogP contribution in [0.1, 0.15) is 44.2 Å². The van der Waals surface area contributed by atoms with Crippen molar-refractivity contribution >= 4 is 23.2 Å². The van der Waals surface area contributed by atoms with Crippen molar-refractivity contribution in [3.8, 4) is 11.5 Å². The van der Waals surface area contributed by atoms with Crippen LogP contribution >= 0.6 is 11.6 Å². The molecular formula is C28H30ClFN2O5. The molecule has 7 nitrogen and oxygen atoms in total. The van der Waals surface area contributed by atoms with Gasteiger partial charge in [-0.05, 0) is 81.8 Å². The van der Waals surface area contributed by atoms with Crippen molar-refractivity contribution in [3.63, 3.8) is 0 Å². The number of nitrogens with one attached hydrogen (secondary N) is 1. The number of piperidine rings is 1. The van der Waals surface area contributed by atoms with Gasteiger partial charge in [0.05, 0.1) is 27.3 Å². The van der Waals surface area contributed by atoms with Gasteiger partial charge in [0.2, 0.25) is 0 Å². The van der Waals surface area contributed by atoms with Crippen LogP contribution in [0.25, 0.3) is 0 Å². The zero-order chi connectivity index (χ0) is 26.3. The van der Waals surface area contributed by atoms with Gasteiger partial charge in [0, 0.05) is 18.2 Å². The number of ether oxygens (including phenoxy) is 1. The van der Waals surface area contributed by atoms with Gasteiger partial charge in [-0.2, -0.15) is 0 Å². The maximum absolute atomic E-state index is 13.4. The Morgan fingerprint density at radius 2 is 2.05 bits per heavy atom. The molecule has 4 atom stereocenters. The Morgan fingerprint density at radius 1 is 1.30 bits per heavy atom. The molecule has 1 saturated carbocycles. The number of carbonyl (C=O) groups excluding carboxylic acids is 1. The second-order valence-corrected chi connectivity index (χ2v) is 11.5. The van der Waals surface area contributed by atoms with Gasteiger partial charge >= 0.3 is 0 Å². The van der Waals surface area contributed by atoms with Crippen LogP contribution < -0.4 is 10.1 Å². The number of anilines is 1. The van der Waals surface area contributed by atoms with Crippen molar-refractivity contribution in [1.29, 1.82) is 0 Å². The molecule has 0 aromatic heterocycles. The molecule has 1 amide bonds. The zero-order valence-electron chi connectivity index (χ0n) is 20.7. The number of hydrogen-bond acceptors (Lipinski definition) is 6. The number of phenols is 1. The lowest BCUT2D eigenvalue weighted by Crippen LogP contribution is -2.73. The minimum atomic E-state index is -1.30. The largest absolute Gasteiger partial charge is 0.508 e. The number of aromatic hydroxyl groups is 1. The number of phenolic OH excluding ortho intramolecular Hbond substituents is 1. The monoisotopic (exact) mass is 528 g/mol. The fourth-order valence-electron chi connectivity index (χ4n) is 6.69. The molecule has 2 bridgehead atoms. The smallest absolute Gasteiger partial charge is 0.254 e. The summed E-state index contributed by atoms with van der Waals surface area (Å²) in [6.45, 7) is 4.87. The van der Waals surface area contributed by atoms with Crippen molar-refractivity contribution in [3.05, 3.63) is 63.6 Å². The molecule has 2 aliphatic carbocycles. The maximum atomic E-state index is 13.4. The van der Waals surface area contributed by atoms with Gasteiger partial charge in [-0.15, -0.1) is 0 Å². The van der Waals surface area contributed by atoms with Gasteiger partial charge in [0.1, 0.15) is 11.6 Å². The van der Waals surface area contributed by atoms with Gasteiger partial charge in [0.25, 0.3) is 5.91 Å². The van der Waals surface area contributed by atoms with Crippen molar-refractivity contribution in [2.75, 3.05) is 18.4 Å². The van der Waals surface area contributed by atoms with Crippen LogP contribution in [0.15, 0.2) is 41.7 Å². The van der Waals surface area contributed by atoms with E-state index < -0.39 is 28.8 Å². The van der Waals surface area contributed by atoms with Gasteiger partial charge < -0.3 is 25.4 Å². The highest BCUT2D eigenvalue weighted by Crippen LogP contribution is 2.63. The third-order valence-electron chi connectivity index (χ3n) is 8.89. The molecule has 4 aliphatic rings. The molecule has 0 radical (unpaired) electrons. The molecule has 196 valence electrons. The lowest BCUT2D eigenvalue weighted by Gasteiger charge is -2.59. The molecule has 1 spiro atoms. The van der Waals surface area contributed by atoms with Crippen LogP contribution in [0.5, 0.6) is 11.5 Å². The first kappa shape index (κ1) is 24.5. The standard InChI is InChI=1S/C28H30ClFN2O5/c1-14(26(35)31-19-7-6-17(30)12-18(19)29)23(34)25-28-9-10-32(13-15-3-4-15)21(27(28,2)36)11-16-5-8-20(33)24(37-25)22(16)28/h5-8,12,15,21,25,33-34,36H,3-4,9-11,13H2,1-2H3,(H,31,35)/b23-14-/t21-,25+,27-,28+/m1/s1. The first-order chi connectivity index (χ1) is 17.5. The Labute approximate surface area is 219 Å². The van der Waals surface area contributed by atoms with E-state index in [2.05, 4.69) is 10.2 Å². The summed E-state index contributed by atoms with van der Waals surface area (Å²) in [6, 6.07) is 6.86.